The van der Waals surface area contributed by atoms with E-state index in [9.17, 15) is 13.2 Å². The molecule has 1 fully saturated rings. The molecule has 1 amide bonds. The molecule has 2 aromatic rings. The lowest BCUT2D eigenvalue weighted by Crippen LogP contribution is -2.45. The van der Waals surface area contributed by atoms with Crippen molar-refractivity contribution in [1.29, 1.82) is 0 Å². The maximum absolute atomic E-state index is 12.9. The number of carbonyl (C=O) groups is 1. The molecule has 0 spiro atoms. The highest BCUT2D eigenvalue weighted by Gasteiger charge is 2.35. The van der Waals surface area contributed by atoms with Gasteiger partial charge in [-0.15, -0.1) is 0 Å². The van der Waals surface area contributed by atoms with Gasteiger partial charge in [-0.3, -0.25) is 9.78 Å². The average Bonchev–Trinajstić information content (AvgIpc) is 3.04. The summed E-state index contributed by atoms with van der Waals surface area (Å²) in [5, 5.41) is 0. The van der Waals surface area contributed by atoms with Crippen molar-refractivity contribution < 1.29 is 17.9 Å². The fraction of sp³-hybridized carbons (Fsp3) is 0.429. The van der Waals surface area contributed by atoms with E-state index in [-0.39, 0.29) is 36.0 Å². The van der Waals surface area contributed by atoms with Crippen LogP contribution in [-0.2, 0) is 14.6 Å². The molecule has 6 nitrogen and oxygen atoms in total. The Morgan fingerprint density at radius 3 is 2.64 bits per heavy atom. The van der Waals surface area contributed by atoms with E-state index >= 15 is 0 Å². The Labute approximate surface area is 166 Å². The number of sulfone groups is 1. The van der Waals surface area contributed by atoms with E-state index in [2.05, 4.69) is 4.98 Å². The van der Waals surface area contributed by atoms with E-state index in [0.717, 1.165) is 11.1 Å². The zero-order chi connectivity index (χ0) is 20.1. The summed E-state index contributed by atoms with van der Waals surface area (Å²) in [6, 6.07) is 11.3. The monoisotopic (exact) mass is 402 g/mol. The van der Waals surface area contributed by atoms with E-state index in [0.29, 0.717) is 18.7 Å². The molecule has 0 unspecified atom stereocenters. The molecule has 3 rings (SSSR count). The molecule has 0 saturated carbocycles. The predicted octanol–water partition coefficient (Wildman–Crippen LogP) is 2.80. The predicted molar refractivity (Wildman–Crippen MR) is 109 cm³/mol. The van der Waals surface area contributed by atoms with Crippen LogP contribution in [0.15, 0.2) is 48.8 Å². The minimum Gasteiger partial charge on any atom is -0.482 e. The van der Waals surface area contributed by atoms with Gasteiger partial charge in [-0.25, -0.2) is 8.42 Å². The standard InChI is InChI=1S/C21H26N2O4S/c1-16(2)13-23(18-9-11-28(25,26)15-18)21(24)14-27-20-12-22-10-8-19(20)17-6-4-3-5-7-17/h3-8,10,12,16,18H,9,11,13-15H2,1-2H3/t18-/m1/s1. The van der Waals surface area contributed by atoms with Crippen molar-refractivity contribution in [3.8, 4) is 16.9 Å². The van der Waals surface area contributed by atoms with Crippen LogP contribution >= 0.6 is 0 Å². The zero-order valence-corrected chi connectivity index (χ0v) is 17.1. The molecule has 7 heteroatoms. The van der Waals surface area contributed by atoms with Gasteiger partial charge in [-0.2, -0.15) is 0 Å². The van der Waals surface area contributed by atoms with Gasteiger partial charge < -0.3 is 9.64 Å². The maximum atomic E-state index is 12.9. The number of nitrogens with zero attached hydrogens (tertiary/aromatic N) is 2. The van der Waals surface area contributed by atoms with E-state index < -0.39 is 9.84 Å². The van der Waals surface area contributed by atoms with Crippen LogP contribution in [0.5, 0.6) is 5.75 Å². The van der Waals surface area contributed by atoms with Crippen molar-refractivity contribution in [1.82, 2.24) is 9.88 Å². The molecular weight excluding hydrogens is 376 g/mol. The van der Waals surface area contributed by atoms with Crippen molar-refractivity contribution in [2.45, 2.75) is 26.3 Å². The van der Waals surface area contributed by atoms with Gasteiger partial charge in [0.25, 0.3) is 5.91 Å². The summed E-state index contributed by atoms with van der Waals surface area (Å²) in [7, 11) is -3.06. The van der Waals surface area contributed by atoms with E-state index in [4.69, 9.17) is 4.74 Å². The van der Waals surface area contributed by atoms with Crippen molar-refractivity contribution in [3.05, 3.63) is 48.8 Å². The number of aromatic nitrogens is 1. The summed E-state index contributed by atoms with van der Waals surface area (Å²) in [5.74, 6) is 0.754. The molecule has 150 valence electrons. The first-order valence-corrected chi connectivity index (χ1v) is 11.3. The number of hydrogen-bond donors (Lipinski definition) is 0. The second-order valence-electron chi connectivity index (χ2n) is 7.52. The highest BCUT2D eigenvalue weighted by Crippen LogP contribution is 2.29. The largest absolute Gasteiger partial charge is 0.482 e. The molecule has 1 atom stereocenters. The van der Waals surface area contributed by atoms with Gasteiger partial charge in [-0.1, -0.05) is 44.2 Å². The molecule has 0 N–H and O–H groups in total. The second kappa shape index (κ2) is 8.73. The van der Waals surface area contributed by atoms with Gasteiger partial charge in [0, 0.05) is 24.3 Å². The number of amides is 1. The Morgan fingerprint density at radius 1 is 1.25 bits per heavy atom. The molecule has 1 aromatic heterocycles. The molecule has 1 saturated heterocycles. The smallest absolute Gasteiger partial charge is 0.260 e. The van der Waals surface area contributed by atoms with Gasteiger partial charge in [-0.05, 0) is 24.0 Å². The van der Waals surface area contributed by atoms with Gasteiger partial charge in [0.15, 0.2) is 16.4 Å². The number of carbonyl (C=O) groups excluding carboxylic acids is 1. The van der Waals surface area contributed by atoms with Gasteiger partial charge in [0.1, 0.15) is 5.75 Å². The number of pyridine rings is 1. The first-order valence-electron chi connectivity index (χ1n) is 9.48. The molecule has 1 aliphatic heterocycles. The fourth-order valence-corrected chi connectivity index (χ4v) is 5.17. The lowest BCUT2D eigenvalue weighted by molar-refractivity contribution is -0.135. The van der Waals surface area contributed by atoms with Crippen molar-refractivity contribution in [2.75, 3.05) is 24.7 Å². The number of rotatable bonds is 7. The Morgan fingerprint density at radius 2 is 2.00 bits per heavy atom. The fourth-order valence-electron chi connectivity index (χ4n) is 3.44. The summed E-state index contributed by atoms with van der Waals surface area (Å²) < 4.78 is 29.5. The molecular formula is C21H26N2O4S. The minimum absolute atomic E-state index is 0.0353. The molecule has 28 heavy (non-hydrogen) atoms. The first-order chi connectivity index (χ1) is 13.4. The third-order valence-corrected chi connectivity index (χ3v) is 6.50. The lowest BCUT2D eigenvalue weighted by Gasteiger charge is -2.30. The van der Waals surface area contributed by atoms with Crippen LogP contribution in [0.1, 0.15) is 20.3 Å². The molecule has 0 aliphatic carbocycles. The highest BCUT2D eigenvalue weighted by molar-refractivity contribution is 7.91. The van der Waals surface area contributed by atoms with Gasteiger partial charge >= 0.3 is 0 Å². The van der Waals surface area contributed by atoms with Crippen LogP contribution in [0.4, 0.5) is 0 Å². The van der Waals surface area contributed by atoms with Crippen LogP contribution in [0.2, 0.25) is 0 Å². The number of hydrogen-bond acceptors (Lipinski definition) is 5. The van der Waals surface area contributed by atoms with Crippen LogP contribution in [-0.4, -0.2) is 54.9 Å². The minimum atomic E-state index is -3.06. The van der Waals surface area contributed by atoms with Crippen LogP contribution in [0.25, 0.3) is 11.1 Å². The number of ether oxygens (including phenoxy) is 1. The summed E-state index contributed by atoms with van der Waals surface area (Å²) in [6.45, 7) is 4.40. The average molecular weight is 403 g/mol. The molecule has 1 aromatic carbocycles. The molecule has 1 aliphatic rings. The third kappa shape index (κ3) is 5.10. The second-order valence-corrected chi connectivity index (χ2v) is 9.75. The maximum Gasteiger partial charge on any atom is 0.260 e. The van der Waals surface area contributed by atoms with Crippen molar-refractivity contribution in [3.63, 3.8) is 0 Å². The van der Waals surface area contributed by atoms with Crippen molar-refractivity contribution in [2.24, 2.45) is 5.92 Å². The lowest BCUT2D eigenvalue weighted by atomic mass is 10.1. The highest BCUT2D eigenvalue weighted by atomic mass is 32.2. The third-order valence-electron chi connectivity index (χ3n) is 4.75. The van der Waals surface area contributed by atoms with Crippen LogP contribution in [0, 0.1) is 5.92 Å². The Balaban J connectivity index is 1.73. The summed E-state index contributed by atoms with van der Waals surface area (Å²) >= 11 is 0. The zero-order valence-electron chi connectivity index (χ0n) is 16.2. The SMILES string of the molecule is CC(C)CN(C(=O)COc1cnccc1-c1ccccc1)[C@@H]1CCS(=O)(=O)C1. The van der Waals surface area contributed by atoms with Crippen molar-refractivity contribution >= 4 is 15.7 Å². The van der Waals surface area contributed by atoms with E-state index in [1.807, 2.05) is 50.2 Å². The topological polar surface area (TPSA) is 76.6 Å². The van der Waals surface area contributed by atoms with Crippen LogP contribution in [0.3, 0.4) is 0 Å². The summed E-state index contributed by atoms with van der Waals surface area (Å²) in [6.07, 6.45) is 3.77. The quantitative estimate of drug-likeness (QED) is 0.712. The van der Waals surface area contributed by atoms with E-state index in [1.165, 1.54) is 0 Å². The van der Waals surface area contributed by atoms with Crippen LogP contribution < -0.4 is 4.74 Å². The number of benzene rings is 1. The van der Waals surface area contributed by atoms with Gasteiger partial charge in [0.05, 0.1) is 17.7 Å². The molecule has 0 bridgehead atoms. The summed E-state index contributed by atoms with van der Waals surface area (Å²) in [4.78, 5) is 18.7. The van der Waals surface area contributed by atoms with E-state index in [1.54, 1.807) is 17.3 Å². The molecule has 2 heterocycles. The molecule has 0 radical (unpaired) electrons. The normalized spacial score (nSPS) is 18.2. The summed E-state index contributed by atoms with van der Waals surface area (Å²) in [5.41, 5.74) is 1.84. The Hall–Kier alpha value is -2.41. The Bertz CT molecular complexity index is 913. The van der Waals surface area contributed by atoms with Gasteiger partial charge in [0.2, 0.25) is 0 Å². The Kier molecular flexibility index (Phi) is 6.34. The first kappa shape index (κ1) is 20.3.